The lowest BCUT2D eigenvalue weighted by molar-refractivity contribution is 0.101. The van der Waals surface area contributed by atoms with Gasteiger partial charge in [-0.1, -0.05) is 48.0 Å². The first kappa shape index (κ1) is 24.7. The zero-order valence-electron chi connectivity index (χ0n) is 20.4. The number of likely N-dealkylation sites (tertiary alicyclic amines) is 1. The molecule has 3 aromatic rings. The van der Waals surface area contributed by atoms with E-state index in [-0.39, 0.29) is 11.6 Å². The van der Waals surface area contributed by atoms with E-state index in [0.29, 0.717) is 23.7 Å². The number of rotatable bonds is 9. The minimum absolute atomic E-state index is 0.00298. The number of piperidine rings is 1. The van der Waals surface area contributed by atoms with Crippen LogP contribution in [0, 0.1) is 5.82 Å². The number of ketones is 1. The lowest BCUT2D eigenvalue weighted by Crippen LogP contribution is -2.32. The van der Waals surface area contributed by atoms with Crippen LogP contribution in [-0.2, 0) is 0 Å². The number of methoxy groups -OCH3 is 1. The van der Waals surface area contributed by atoms with Gasteiger partial charge in [-0.15, -0.1) is 0 Å². The largest absolute Gasteiger partial charge is 0.493 e. The summed E-state index contributed by atoms with van der Waals surface area (Å²) in [4.78, 5) is 14.0. The zero-order valence-corrected chi connectivity index (χ0v) is 20.4. The van der Waals surface area contributed by atoms with Crippen molar-refractivity contribution in [2.45, 2.75) is 26.2 Å². The predicted molar refractivity (Wildman–Crippen MR) is 138 cm³/mol. The van der Waals surface area contributed by atoms with Crippen LogP contribution < -0.4 is 9.47 Å². The number of halogens is 1. The summed E-state index contributed by atoms with van der Waals surface area (Å²) in [5.41, 5.74) is 5.52. The topological polar surface area (TPSA) is 38.8 Å². The highest BCUT2D eigenvalue weighted by Crippen LogP contribution is 2.33. The predicted octanol–water partition coefficient (Wildman–Crippen LogP) is 6.40. The zero-order chi connectivity index (χ0) is 24.6. The molecule has 1 fully saturated rings. The van der Waals surface area contributed by atoms with E-state index in [1.54, 1.807) is 25.3 Å². The first-order valence-corrected chi connectivity index (χ1v) is 12.1. The quantitative estimate of drug-likeness (QED) is 0.266. The molecule has 5 heteroatoms. The Bertz CT molecular complexity index is 1160. The number of ether oxygens (including phenoxy) is 2. The van der Waals surface area contributed by atoms with Gasteiger partial charge < -0.3 is 14.4 Å². The first-order chi connectivity index (χ1) is 17.0. The molecule has 0 saturated carbocycles. The Morgan fingerprint density at radius 2 is 1.54 bits per heavy atom. The van der Waals surface area contributed by atoms with E-state index in [1.165, 1.54) is 35.8 Å². The maximum Gasteiger partial charge on any atom is 0.161 e. The summed E-state index contributed by atoms with van der Waals surface area (Å²) >= 11 is 0. The summed E-state index contributed by atoms with van der Waals surface area (Å²) < 4.78 is 24.9. The Kier molecular flexibility index (Phi) is 8.32. The summed E-state index contributed by atoms with van der Waals surface area (Å²) in [5, 5.41) is 0. The molecular weight excluding hydrogens is 441 g/mol. The molecule has 1 heterocycles. The molecule has 4 nitrogen and oxygen atoms in total. The van der Waals surface area contributed by atoms with Gasteiger partial charge in [-0.2, -0.15) is 0 Å². The third kappa shape index (κ3) is 6.37. The summed E-state index contributed by atoms with van der Waals surface area (Å²) in [5.74, 6) is 1.03. The molecule has 0 N–H and O–H groups in total. The fourth-order valence-electron chi connectivity index (χ4n) is 4.57. The highest BCUT2D eigenvalue weighted by molar-refractivity contribution is 5.94. The number of nitrogens with zero attached hydrogens (tertiary/aromatic N) is 1. The normalized spacial score (nSPS) is 14.0. The molecule has 3 aromatic carbocycles. The monoisotopic (exact) mass is 473 g/mol. The van der Waals surface area contributed by atoms with E-state index in [0.717, 1.165) is 44.5 Å². The maximum atomic E-state index is 13.5. The minimum atomic E-state index is -0.212. The van der Waals surface area contributed by atoms with Crippen LogP contribution in [0.2, 0.25) is 0 Å². The van der Waals surface area contributed by atoms with Gasteiger partial charge >= 0.3 is 0 Å². The SMILES string of the molecule is COc1cc(C(C)=O)ccc1OCCCN1CCC(=C(c2ccccc2)c2ccc(F)cc2)CC1. The number of benzene rings is 3. The first-order valence-electron chi connectivity index (χ1n) is 12.1. The van der Waals surface area contributed by atoms with Gasteiger partial charge in [0, 0.05) is 25.2 Å². The molecule has 0 atom stereocenters. The molecule has 1 saturated heterocycles. The summed E-state index contributed by atoms with van der Waals surface area (Å²) in [6.07, 6.45) is 2.88. The lowest BCUT2D eigenvalue weighted by Gasteiger charge is -2.30. The smallest absolute Gasteiger partial charge is 0.161 e. The highest BCUT2D eigenvalue weighted by Gasteiger charge is 2.19. The molecule has 0 aromatic heterocycles. The molecule has 182 valence electrons. The van der Waals surface area contributed by atoms with Crippen LogP contribution >= 0.6 is 0 Å². The van der Waals surface area contributed by atoms with Crippen molar-refractivity contribution in [1.82, 2.24) is 4.90 Å². The highest BCUT2D eigenvalue weighted by atomic mass is 19.1. The van der Waals surface area contributed by atoms with Gasteiger partial charge in [0.1, 0.15) is 5.82 Å². The van der Waals surface area contributed by atoms with Crippen molar-refractivity contribution in [1.29, 1.82) is 0 Å². The average Bonchev–Trinajstić information content (AvgIpc) is 2.89. The van der Waals surface area contributed by atoms with Crippen LogP contribution in [0.1, 0.15) is 47.7 Å². The number of carbonyl (C=O) groups is 1. The average molecular weight is 474 g/mol. The third-order valence-corrected chi connectivity index (χ3v) is 6.45. The summed E-state index contributed by atoms with van der Waals surface area (Å²) in [6.45, 7) is 5.06. The van der Waals surface area contributed by atoms with E-state index in [4.69, 9.17) is 9.47 Å². The van der Waals surface area contributed by atoms with Crippen LogP contribution in [0.15, 0.2) is 78.4 Å². The van der Waals surface area contributed by atoms with E-state index in [2.05, 4.69) is 29.2 Å². The third-order valence-electron chi connectivity index (χ3n) is 6.45. The Labute approximate surface area is 207 Å². The molecule has 0 amide bonds. The fourth-order valence-corrected chi connectivity index (χ4v) is 4.57. The van der Waals surface area contributed by atoms with Crippen molar-refractivity contribution in [3.8, 4) is 11.5 Å². The molecule has 0 aliphatic carbocycles. The molecule has 0 unspecified atom stereocenters. The Morgan fingerprint density at radius 3 is 2.20 bits per heavy atom. The molecule has 35 heavy (non-hydrogen) atoms. The molecular formula is C30H32FNO3. The van der Waals surface area contributed by atoms with Crippen LogP contribution in [0.5, 0.6) is 11.5 Å². The second kappa shape index (κ2) is 11.8. The molecule has 0 spiro atoms. The van der Waals surface area contributed by atoms with Crippen molar-refractivity contribution in [3.63, 3.8) is 0 Å². The lowest BCUT2D eigenvalue weighted by atomic mass is 9.88. The number of Topliss-reactive ketones (excluding diaryl/α,β-unsaturated/α-hetero) is 1. The van der Waals surface area contributed by atoms with E-state index in [9.17, 15) is 9.18 Å². The van der Waals surface area contributed by atoms with E-state index < -0.39 is 0 Å². The fraction of sp³-hybridized carbons (Fsp3) is 0.300. The maximum absolute atomic E-state index is 13.5. The Morgan fingerprint density at radius 1 is 0.886 bits per heavy atom. The van der Waals surface area contributed by atoms with Gasteiger partial charge in [0.05, 0.1) is 13.7 Å². The van der Waals surface area contributed by atoms with Crippen molar-refractivity contribution in [2.24, 2.45) is 0 Å². The molecule has 0 radical (unpaired) electrons. The van der Waals surface area contributed by atoms with Gasteiger partial charge in [0.25, 0.3) is 0 Å². The number of carbonyl (C=O) groups excluding carboxylic acids is 1. The van der Waals surface area contributed by atoms with Crippen LogP contribution in [0.25, 0.3) is 5.57 Å². The standard InChI is InChI=1S/C30H32FNO3/c1-22(33)26-11-14-28(29(21-26)34-2)35-20-6-17-32-18-15-25(16-19-32)30(23-7-4-3-5-8-23)24-9-12-27(31)13-10-24/h3-5,7-14,21H,6,15-20H2,1-2H3. The van der Waals surface area contributed by atoms with Crippen LogP contribution in [0.3, 0.4) is 0 Å². The molecule has 1 aliphatic heterocycles. The van der Waals surface area contributed by atoms with Crippen molar-refractivity contribution in [3.05, 3.63) is 101 Å². The molecule has 0 bridgehead atoms. The van der Waals surface area contributed by atoms with Crippen molar-refractivity contribution in [2.75, 3.05) is 33.4 Å². The molecule has 4 rings (SSSR count). The van der Waals surface area contributed by atoms with Gasteiger partial charge in [-0.25, -0.2) is 4.39 Å². The van der Waals surface area contributed by atoms with Crippen LogP contribution in [-0.4, -0.2) is 44.0 Å². The van der Waals surface area contributed by atoms with E-state index >= 15 is 0 Å². The second-order valence-corrected chi connectivity index (χ2v) is 8.82. The van der Waals surface area contributed by atoms with Crippen molar-refractivity contribution < 1.29 is 18.7 Å². The van der Waals surface area contributed by atoms with Gasteiger partial charge in [0.2, 0.25) is 0 Å². The second-order valence-electron chi connectivity index (χ2n) is 8.82. The summed E-state index contributed by atoms with van der Waals surface area (Å²) in [7, 11) is 1.58. The van der Waals surface area contributed by atoms with Gasteiger partial charge in [-0.05, 0) is 73.2 Å². The van der Waals surface area contributed by atoms with Gasteiger partial charge in [0.15, 0.2) is 17.3 Å². The van der Waals surface area contributed by atoms with Crippen LogP contribution in [0.4, 0.5) is 4.39 Å². The number of hydrogen-bond acceptors (Lipinski definition) is 4. The molecule has 1 aliphatic rings. The van der Waals surface area contributed by atoms with Gasteiger partial charge in [-0.3, -0.25) is 4.79 Å². The van der Waals surface area contributed by atoms with E-state index in [1.807, 2.05) is 18.2 Å². The Hall–Kier alpha value is -3.44. The number of hydrogen-bond donors (Lipinski definition) is 0. The van der Waals surface area contributed by atoms with Crippen molar-refractivity contribution >= 4 is 11.4 Å². The Balaban J connectivity index is 1.35. The summed E-state index contributed by atoms with van der Waals surface area (Å²) in [6, 6.07) is 22.5. The minimum Gasteiger partial charge on any atom is -0.493 e.